The Bertz CT molecular complexity index is 593. The Hall–Kier alpha value is -2.10. The van der Waals surface area contributed by atoms with E-state index in [2.05, 4.69) is 9.97 Å². The topological polar surface area (TPSA) is 61.0 Å². The van der Waals surface area contributed by atoms with E-state index in [1.807, 2.05) is 31.2 Å². The number of nitrogens with two attached hydrogens (primary N) is 1. The molecule has 0 spiro atoms. The molecule has 98 valence electrons. The molecule has 0 radical (unpaired) electrons. The van der Waals surface area contributed by atoms with E-state index in [-0.39, 0.29) is 0 Å². The van der Waals surface area contributed by atoms with Crippen molar-refractivity contribution in [2.75, 3.05) is 5.73 Å². The van der Waals surface area contributed by atoms with Gasteiger partial charge in [-0.05, 0) is 56.9 Å². The van der Waals surface area contributed by atoms with Crippen LogP contribution in [0.4, 0.5) is 5.69 Å². The lowest BCUT2D eigenvalue weighted by Gasteiger charge is -2.18. The summed E-state index contributed by atoms with van der Waals surface area (Å²) in [4.78, 5) is 8.96. The van der Waals surface area contributed by atoms with E-state index in [1.54, 1.807) is 0 Å². The van der Waals surface area contributed by atoms with E-state index < -0.39 is 0 Å². The van der Waals surface area contributed by atoms with E-state index in [9.17, 15) is 0 Å². The minimum Gasteiger partial charge on any atom is -0.439 e. The number of hydrogen-bond acceptors (Lipinski definition) is 4. The summed E-state index contributed by atoms with van der Waals surface area (Å²) in [5.74, 6) is 2.23. The molecule has 4 nitrogen and oxygen atoms in total. The average Bonchev–Trinajstić information content (AvgIpc) is 2.41. The van der Waals surface area contributed by atoms with Crippen molar-refractivity contribution in [1.29, 1.82) is 0 Å². The molecule has 0 fully saturated rings. The van der Waals surface area contributed by atoms with Gasteiger partial charge >= 0.3 is 0 Å². The minimum absolute atomic E-state index is 0.701. The summed E-state index contributed by atoms with van der Waals surface area (Å²) in [7, 11) is 0. The number of hydrogen-bond donors (Lipinski definition) is 1. The fourth-order valence-electron chi connectivity index (χ4n) is 2.41. The first-order valence-electron chi connectivity index (χ1n) is 6.62. The highest BCUT2D eigenvalue weighted by Crippen LogP contribution is 2.30. The van der Waals surface area contributed by atoms with Crippen molar-refractivity contribution in [1.82, 2.24) is 9.97 Å². The molecule has 19 heavy (non-hydrogen) atoms. The van der Waals surface area contributed by atoms with Gasteiger partial charge in [0.05, 0.1) is 5.69 Å². The lowest BCUT2D eigenvalue weighted by atomic mass is 9.97. The molecule has 0 amide bonds. The third-order valence-electron chi connectivity index (χ3n) is 3.35. The van der Waals surface area contributed by atoms with Crippen molar-refractivity contribution in [2.24, 2.45) is 0 Å². The van der Waals surface area contributed by atoms with Crippen LogP contribution in [0.3, 0.4) is 0 Å². The van der Waals surface area contributed by atoms with Gasteiger partial charge < -0.3 is 10.5 Å². The summed E-state index contributed by atoms with van der Waals surface area (Å²) in [5, 5.41) is 0. The summed E-state index contributed by atoms with van der Waals surface area (Å²) in [5.41, 5.74) is 8.71. The molecule has 2 N–H and O–H groups in total. The Labute approximate surface area is 112 Å². The molecule has 1 heterocycles. The zero-order valence-electron chi connectivity index (χ0n) is 11.0. The third-order valence-corrected chi connectivity index (χ3v) is 3.35. The van der Waals surface area contributed by atoms with E-state index in [1.165, 1.54) is 12.8 Å². The number of aromatic nitrogens is 2. The number of benzene rings is 1. The Morgan fingerprint density at radius 2 is 1.79 bits per heavy atom. The summed E-state index contributed by atoms with van der Waals surface area (Å²) in [6.07, 6.45) is 4.40. The van der Waals surface area contributed by atoms with E-state index in [0.717, 1.165) is 41.4 Å². The van der Waals surface area contributed by atoms with Gasteiger partial charge in [-0.3, -0.25) is 0 Å². The SMILES string of the molecule is Cc1nc2c(c(Oc3ccc(N)cc3)n1)CCCC2. The van der Waals surface area contributed by atoms with Crippen LogP contribution in [-0.4, -0.2) is 9.97 Å². The normalized spacial score (nSPS) is 13.9. The highest BCUT2D eigenvalue weighted by molar-refractivity contribution is 5.43. The molecule has 1 aromatic carbocycles. The van der Waals surface area contributed by atoms with Gasteiger partial charge in [-0.2, -0.15) is 4.98 Å². The van der Waals surface area contributed by atoms with E-state index in [0.29, 0.717) is 5.88 Å². The second-order valence-corrected chi connectivity index (χ2v) is 4.88. The summed E-state index contributed by atoms with van der Waals surface area (Å²) in [6, 6.07) is 7.38. The summed E-state index contributed by atoms with van der Waals surface area (Å²) in [6.45, 7) is 1.91. The van der Waals surface area contributed by atoms with Gasteiger partial charge in [-0.1, -0.05) is 0 Å². The molecule has 0 atom stereocenters. The molecule has 1 aliphatic carbocycles. The van der Waals surface area contributed by atoms with Crippen molar-refractivity contribution in [3.8, 4) is 11.6 Å². The van der Waals surface area contributed by atoms with Crippen LogP contribution < -0.4 is 10.5 Å². The lowest BCUT2D eigenvalue weighted by Crippen LogP contribution is -2.10. The van der Waals surface area contributed by atoms with E-state index >= 15 is 0 Å². The Morgan fingerprint density at radius 3 is 2.58 bits per heavy atom. The molecule has 1 aliphatic rings. The first-order valence-corrected chi connectivity index (χ1v) is 6.62. The van der Waals surface area contributed by atoms with Crippen LogP contribution in [0.5, 0.6) is 11.6 Å². The van der Waals surface area contributed by atoms with Gasteiger partial charge in [0.15, 0.2) is 0 Å². The van der Waals surface area contributed by atoms with Crippen molar-refractivity contribution < 1.29 is 4.74 Å². The Kier molecular flexibility index (Phi) is 3.07. The number of ether oxygens (including phenoxy) is 1. The standard InChI is InChI=1S/C15H17N3O/c1-10-17-14-5-3-2-4-13(14)15(18-10)19-12-8-6-11(16)7-9-12/h6-9H,2-5,16H2,1H3. The largest absolute Gasteiger partial charge is 0.439 e. The summed E-state index contributed by atoms with van der Waals surface area (Å²) >= 11 is 0. The quantitative estimate of drug-likeness (QED) is 0.838. The molecule has 0 aliphatic heterocycles. The number of fused-ring (bicyclic) bond motifs is 1. The van der Waals surface area contributed by atoms with Gasteiger partial charge in [-0.15, -0.1) is 0 Å². The Balaban J connectivity index is 1.95. The number of aryl methyl sites for hydroxylation is 2. The zero-order valence-corrected chi connectivity index (χ0v) is 11.0. The van der Waals surface area contributed by atoms with Gasteiger partial charge in [0, 0.05) is 11.3 Å². The smallest absolute Gasteiger partial charge is 0.225 e. The van der Waals surface area contributed by atoms with Gasteiger partial charge in [0.25, 0.3) is 0 Å². The first-order chi connectivity index (χ1) is 9.22. The molecular formula is C15H17N3O. The first kappa shape index (κ1) is 12.0. The van der Waals surface area contributed by atoms with Gasteiger partial charge in [0.2, 0.25) is 5.88 Å². The van der Waals surface area contributed by atoms with E-state index in [4.69, 9.17) is 10.5 Å². The highest BCUT2D eigenvalue weighted by Gasteiger charge is 2.18. The molecule has 3 rings (SSSR count). The molecule has 0 bridgehead atoms. The number of anilines is 1. The predicted molar refractivity (Wildman–Crippen MR) is 74.3 cm³/mol. The predicted octanol–water partition coefficient (Wildman–Crippen LogP) is 3.04. The maximum Gasteiger partial charge on any atom is 0.225 e. The number of rotatable bonds is 2. The van der Waals surface area contributed by atoms with Crippen molar-refractivity contribution in [3.63, 3.8) is 0 Å². The highest BCUT2D eigenvalue weighted by atomic mass is 16.5. The summed E-state index contributed by atoms with van der Waals surface area (Å²) < 4.78 is 5.91. The minimum atomic E-state index is 0.701. The monoisotopic (exact) mass is 255 g/mol. The average molecular weight is 255 g/mol. The maximum atomic E-state index is 5.91. The van der Waals surface area contributed by atoms with Crippen LogP contribution in [0.25, 0.3) is 0 Å². The van der Waals surface area contributed by atoms with Crippen LogP contribution in [-0.2, 0) is 12.8 Å². The van der Waals surface area contributed by atoms with Gasteiger partial charge in [-0.25, -0.2) is 4.98 Å². The van der Waals surface area contributed by atoms with Crippen molar-refractivity contribution >= 4 is 5.69 Å². The van der Waals surface area contributed by atoms with Crippen molar-refractivity contribution in [2.45, 2.75) is 32.6 Å². The second-order valence-electron chi connectivity index (χ2n) is 4.88. The number of nitrogen functional groups attached to an aromatic ring is 1. The fraction of sp³-hybridized carbons (Fsp3) is 0.333. The molecule has 0 unspecified atom stereocenters. The zero-order chi connectivity index (χ0) is 13.2. The molecule has 0 saturated carbocycles. The van der Waals surface area contributed by atoms with Crippen LogP contribution in [0, 0.1) is 6.92 Å². The lowest BCUT2D eigenvalue weighted by molar-refractivity contribution is 0.445. The number of nitrogens with zero attached hydrogens (tertiary/aromatic N) is 2. The molecule has 4 heteroatoms. The second kappa shape index (κ2) is 4.88. The molecule has 2 aromatic rings. The third kappa shape index (κ3) is 2.52. The molecule has 0 saturated heterocycles. The van der Waals surface area contributed by atoms with Crippen molar-refractivity contribution in [3.05, 3.63) is 41.3 Å². The van der Waals surface area contributed by atoms with Crippen LogP contribution in [0.2, 0.25) is 0 Å². The molecule has 1 aromatic heterocycles. The fourth-order valence-corrected chi connectivity index (χ4v) is 2.41. The van der Waals surface area contributed by atoms with Gasteiger partial charge in [0.1, 0.15) is 11.6 Å². The van der Waals surface area contributed by atoms with Crippen LogP contribution in [0.15, 0.2) is 24.3 Å². The molecular weight excluding hydrogens is 238 g/mol. The van der Waals surface area contributed by atoms with Crippen LogP contribution >= 0.6 is 0 Å². The van der Waals surface area contributed by atoms with Crippen LogP contribution in [0.1, 0.15) is 29.9 Å². The Morgan fingerprint density at radius 1 is 1.05 bits per heavy atom. The maximum absolute atomic E-state index is 5.91.